The number of hydrogen-bond acceptors (Lipinski definition) is 6. The zero-order valence-corrected chi connectivity index (χ0v) is 17.3. The first kappa shape index (κ1) is 20.3. The predicted molar refractivity (Wildman–Crippen MR) is 118 cm³/mol. The van der Waals surface area contributed by atoms with Gasteiger partial charge >= 0.3 is 0 Å². The molecule has 3 heterocycles. The molecule has 0 unspecified atom stereocenters. The number of nitrogens with zero attached hydrogens (tertiary/aromatic N) is 6. The summed E-state index contributed by atoms with van der Waals surface area (Å²) in [5, 5.41) is 14.8. The summed E-state index contributed by atoms with van der Waals surface area (Å²) in [4.78, 5) is 12.9. The van der Waals surface area contributed by atoms with E-state index in [2.05, 4.69) is 60.1 Å². The van der Waals surface area contributed by atoms with Crippen molar-refractivity contribution in [1.29, 1.82) is 0 Å². The Kier molecular flexibility index (Phi) is 6.64. The summed E-state index contributed by atoms with van der Waals surface area (Å²) in [6.07, 6.45) is 6.91. The van der Waals surface area contributed by atoms with Gasteiger partial charge in [-0.1, -0.05) is 23.4 Å². The van der Waals surface area contributed by atoms with Gasteiger partial charge in [0.25, 0.3) is 5.89 Å². The maximum absolute atomic E-state index is 5.28. The third kappa shape index (κ3) is 5.53. The molecule has 0 amide bonds. The Morgan fingerprint density at radius 3 is 2.55 bits per heavy atom. The van der Waals surface area contributed by atoms with Crippen molar-refractivity contribution in [1.82, 2.24) is 35.5 Å². The molecule has 4 rings (SSSR count). The second-order valence-corrected chi connectivity index (χ2v) is 6.77. The van der Waals surface area contributed by atoms with Crippen LogP contribution in [0.2, 0.25) is 0 Å². The summed E-state index contributed by atoms with van der Waals surface area (Å²) in [6.45, 7) is 1.41. The number of guanidine groups is 1. The number of aromatic nitrogens is 5. The number of benzene rings is 1. The number of nitrogens with one attached hydrogen (secondary N) is 2. The predicted octanol–water partition coefficient (Wildman–Crippen LogP) is 2.27. The highest BCUT2D eigenvalue weighted by Gasteiger charge is 2.09. The Morgan fingerprint density at radius 1 is 1.00 bits per heavy atom. The fraction of sp³-hybridized carbons (Fsp3) is 0.227. The van der Waals surface area contributed by atoms with Crippen molar-refractivity contribution in [2.75, 3.05) is 20.1 Å². The van der Waals surface area contributed by atoms with Crippen molar-refractivity contribution in [3.63, 3.8) is 0 Å². The van der Waals surface area contributed by atoms with E-state index in [1.165, 1.54) is 5.56 Å². The number of hydrogen-bond donors (Lipinski definition) is 2. The Balaban J connectivity index is 1.19. The zero-order chi connectivity index (χ0) is 21.3. The van der Waals surface area contributed by atoms with Crippen LogP contribution < -0.4 is 10.6 Å². The van der Waals surface area contributed by atoms with Gasteiger partial charge in [-0.15, -0.1) is 0 Å². The van der Waals surface area contributed by atoms with Crippen LogP contribution in [0.25, 0.3) is 17.3 Å². The second-order valence-electron chi connectivity index (χ2n) is 6.77. The molecule has 0 aliphatic carbocycles. The van der Waals surface area contributed by atoms with Crippen molar-refractivity contribution in [3.05, 3.63) is 78.5 Å². The third-order valence-electron chi connectivity index (χ3n) is 4.63. The highest BCUT2D eigenvalue weighted by molar-refractivity contribution is 5.79. The van der Waals surface area contributed by atoms with Crippen LogP contribution in [0.1, 0.15) is 11.4 Å². The topological polar surface area (TPSA) is 106 Å². The standard InChI is InChI=1S/C22H24N8O/c1-23-22(25-14-10-17-6-8-18(9-7-17)30-16-4-13-27-30)26-15-11-20-28-21(31-29-20)19-5-2-3-12-24-19/h2-9,12-13,16H,10-11,14-15H2,1H3,(H2,23,25,26). The first-order chi connectivity index (χ1) is 15.3. The first-order valence-electron chi connectivity index (χ1n) is 10.1. The van der Waals surface area contributed by atoms with Gasteiger partial charge in [-0.25, -0.2) is 4.68 Å². The molecule has 0 saturated carbocycles. The highest BCUT2D eigenvalue weighted by Crippen LogP contribution is 2.13. The van der Waals surface area contributed by atoms with Crippen molar-refractivity contribution in [3.8, 4) is 17.3 Å². The lowest BCUT2D eigenvalue weighted by molar-refractivity contribution is 0.421. The average molecular weight is 416 g/mol. The lowest BCUT2D eigenvalue weighted by Gasteiger charge is -2.11. The van der Waals surface area contributed by atoms with Crippen molar-refractivity contribution < 1.29 is 4.52 Å². The van der Waals surface area contributed by atoms with Crippen LogP contribution in [0, 0.1) is 0 Å². The molecule has 0 fully saturated rings. The molecule has 9 nitrogen and oxygen atoms in total. The molecule has 0 bridgehead atoms. The monoisotopic (exact) mass is 416 g/mol. The Hall–Kier alpha value is -4.01. The molecule has 3 aromatic heterocycles. The van der Waals surface area contributed by atoms with Gasteiger partial charge in [0.15, 0.2) is 11.8 Å². The quantitative estimate of drug-likeness (QED) is 0.335. The highest BCUT2D eigenvalue weighted by atomic mass is 16.5. The van der Waals surface area contributed by atoms with E-state index in [0.29, 0.717) is 30.4 Å². The molecule has 1 aromatic carbocycles. The average Bonchev–Trinajstić information content (AvgIpc) is 3.52. The fourth-order valence-corrected chi connectivity index (χ4v) is 3.02. The molecule has 0 aliphatic heterocycles. The minimum Gasteiger partial charge on any atom is -0.356 e. The van der Waals surface area contributed by atoms with Crippen molar-refractivity contribution in [2.24, 2.45) is 4.99 Å². The van der Waals surface area contributed by atoms with Gasteiger partial charge in [-0.05, 0) is 42.3 Å². The van der Waals surface area contributed by atoms with Crippen molar-refractivity contribution >= 4 is 5.96 Å². The van der Waals surface area contributed by atoms with Gasteiger partial charge in [0.1, 0.15) is 5.69 Å². The molecular formula is C22H24N8O. The van der Waals surface area contributed by atoms with E-state index in [9.17, 15) is 0 Å². The summed E-state index contributed by atoms with van der Waals surface area (Å²) in [5.74, 6) is 1.79. The number of pyridine rings is 1. The summed E-state index contributed by atoms with van der Waals surface area (Å²) in [7, 11) is 1.75. The number of rotatable bonds is 8. The molecule has 2 N–H and O–H groups in total. The molecule has 0 saturated heterocycles. The van der Waals surface area contributed by atoms with Gasteiger partial charge in [0, 0.05) is 45.1 Å². The Labute approximate surface area is 180 Å². The van der Waals surface area contributed by atoms with Crippen LogP contribution in [-0.2, 0) is 12.8 Å². The molecule has 158 valence electrons. The Morgan fingerprint density at radius 2 is 1.84 bits per heavy atom. The first-order valence-corrected chi connectivity index (χ1v) is 10.1. The summed E-state index contributed by atoms with van der Waals surface area (Å²) in [5.41, 5.74) is 2.96. The van der Waals surface area contributed by atoms with E-state index in [1.807, 2.05) is 35.1 Å². The molecule has 0 radical (unpaired) electrons. The smallest absolute Gasteiger partial charge is 0.276 e. The van der Waals surface area contributed by atoms with Crippen LogP contribution >= 0.6 is 0 Å². The van der Waals surface area contributed by atoms with E-state index in [-0.39, 0.29) is 0 Å². The van der Waals surface area contributed by atoms with E-state index in [4.69, 9.17) is 4.52 Å². The van der Waals surface area contributed by atoms with E-state index in [0.717, 1.165) is 24.6 Å². The molecule has 31 heavy (non-hydrogen) atoms. The van der Waals surface area contributed by atoms with Crippen LogP contribution in [-0.4, -0.2) is 51.0 Å². The molecular weight excluding hydrogens is 392 g/mol. The summed E-state index contributed by atoms with van der Waals surface area (Å²) < 4.78 is 7.12. The summed E-state index contributed by atoms with van der Waals surface area (Å²) >= 11 is 0. The van der Waals surface area contributed by atoms with Gasteiger partial charge in [0.05, 0.1) is 5.69 Å². The molecule has 0 spiro atoms. The van der Waals surface area contributed by atoms with Crippen molar-refractivity contribution in [2.45, 2.75) is 12.8 Å². The molecule has 4 aromatic rings. The lowest BCUT2D eigenvalue weighted by Crippen LogP contribution is -2.39. The van der Waals surface area contributed by atoms with Crippen LogP contribution in [0.3, 0.4) is 0 Å². The third-order valence-corrected chi connectivity index (χ3v) is 4.63. The van der Waals surface area contributed by atoms with Crippen LogP contribution in [0.15, 0.2) is 76.6 Å². The minimum atomic E-state index is 0.427. The molecule has 0 aliphatic rings. The largest absolute Gasteiger partial charge is 0.356 e. The zero-order valence-electron chi connectivity index (χ0n) is 17.3. The van der Waals surface area contributed by atoms with E-state index < -0.39 is 0 Å². The fourth-order valence-electron chi connectivity index (χ4n) is 3.02. The van der Waals surface area contributed by atoms with Gasteiger partial charge in [-0.2, -0.15) is 10.1 Å². The maximum Gasteiger partial charge on any atom is 0.276 e. The minimum absolute atomic E-state index is 0.427. The lowest BCUT2D eigenvalue weighted by atomic mass is 10.1. The second kappa shape index (κ2) is 10.1. The van der Waals surface area contributed by atoms with E-state index >= 15 is 0 Å². The SMILES string of the molecule is CN=C(NCCc1ccc(-n2cccn2)cc1)NCCc1noc(-c2ccccn2)n1. The number of aliphatic imine (C=N–C) groups is 1. The van der Waals surface area contributed by atoms with Crippen LogP contribution in [0.4, 0.5) is 0 Å². The van der Waals surface area contributed by atoms with Gasteiger partial charge < -0.3 is 15.2 Å². The Bertz CT molecular complexity index is 1090. The molecule has 0 atom stereocenters. The van der Waals surface area contributed by atoms with Gasteiger partial charge in [0.2, 0.25) is 0 Å². The maximum atomic E-state index is 5.28. The van der Waals surface area contributed by atoms with Gasteiger partial charge in [-0.3, -0.25) is 9.98 Å². The normalized spacial score (nSPS) is 11.5. The van der Waals surface area contributed by atoms with Crippen LogP contribution in [0.5, 0.6) is 0 Å². The molecule has 9 heteroatoms. The van der Waals surface area contributed by atoms with E-state index in [1.54, 1.807) is 19.4 Å². The summed E-state index contributed by atoms with van der Waals surface area (Å²) in [6, 6.07) is 15.9.